The Morgan fingerprint density at radius 3 is 2.95 bits per heavy atom. The van der Waals surface area contributed by atoms with Crippen LogP contribution in [0.3, 0.4) is 0 Å². The first-order chi connectivity index (χ1) is 10.6. The van der Waals surface area contributed by atoms with Gasteiger partial charge in [-0.1, -0.05) is 0 Å². The number of benzene rings is 1. The topological polar surface area (TPSA) is 72.1 Å². The van der Waals surface area contributed by atoms with E-state index in [0.29, 0.717) is 24.1 Å². The van der Waals surface area contributed by atoms with E-state index in [2.05, 4.69) is 9.97 Å². The highest BCUT2D eigenvalue weighted by Gasteiger charge is 2.28. The van der Waals surface area contributed by atoms with Crippen molar-refractivity contribution in [3.05, 3.63) is 35.9 Å². The van der Waals surface area contributed by atoms with E-state index in [1.54, 1.807) is 4.90 Å². The number of nitrogens with zero attached hydrogens (tertiary/aromatic N) is 3. The van der Waals surface area contributed by atoms with Gasteiger partial charge in [0, 0.05) is 37.6 Å². The van der Waals surface area contributed by atoms with Crippen LogP contribution in [0.5, 0.6) is 0 Å². The average molecular weight is 302 g/mol. The molecule has 0 aliphatic carbocycles. The lowest BCUT2D eigenvalue weighted by molar-refractivity contribution is 0.0662. The predicted molar refractivity (Wildman–Crippen MR) is 81.8 cm³/mol. The number of carbonyl (C=O) groups excluding carboxylic acids is 1. The quantitative estimate of drug-likeness (QED) is 0.920. The largest absolute Gasteiger partial charge is 0.338 e. The van der Waals surface area contributed by atoms with Crippen LogP contribution in [0.2, 0.25) is 0 Å². The van der Waals surface area contributed by atoms with Crippen LogP contribution in [-0.4, -0.2) is 39.9 Å². The number of fused-ring (bicyclic) bond motifs is 1. The average Bonchev–Trinajstić information content (AvgIpc) is 2.53. The molecule has 1 aromatic heterocycles. The summed E-state index contributed by atoms with van der Waals surface area (Å²) >= 11 is 0. The summed E-state index contributed by atoms with van der Waals surface area (Å²) < 4.78 is 13.8. The van der Waals surface area contributed by atoms with Crippen molar-refractivity contribution in [2.75, 3.05) is 13.1 Å². The number of likely N-dealkylation sites (tertiary alicyclic amines) is 1. The third-order valence-electron chi connectivity index (χ3n) is 4.26. The van der Waals surface area contributed by atoms with Crippen LogP contribution in [-0.2, 0) is 0 Å². The highest BCUT2D eigenvalue weighted by molar-refractivity contribution is 6.04. The van der Waals surface area contributed by atoms with E-state index >= 15 is 0 Å². The molecule has 2 heterocycles. The smallest absolute Gasteiger partial charge is 0.256 e. The molecule has 0 spiro atoms. The number of rotatable bonds is 2. The highest BCUT2D eigenvalue weighted by Crippen LogP contribution is 2.23. The number of hydrogen-bond donors (Lipinski definition) is 1. The van der Waals surface area contributed by atoms with Crippen LogP contribution in [0.4, 0.5) is 4.39 Å². The number of nitrogens with two attached hydrogens (primary N) is 1. The summed E-state index contributed by atoms with van der Waals surface area (Å²) in [5.41, 5.74) is 7.07. The van der Waals surface area contributed by atoms with E-state index in [-0.39, 0.29) is 23.4 Å². The van der Waals surface area contributed by atoms with E-state index in [4.69, 9.17) is 5.73 Å². The van der Waals surface area contributed by atoms with Gasteiger partial charge in [-0.2, -0.15) is 0 Å². The van der Waals surface area contributed by atoms with Gasteiger partial charge in [0.2, 0.25) is 0 Å². The van der Waals surface area contributed by atoms with E-state index < -0.39 is 5.82 Å². The maximum absolute atomic E-state index is 13.8. The van der Waals surface area contributed by atoms with Crippen LogP contribution < -0.4 is 5.73 Å². The molecular weight excluding hydrogens is 283 g/mol. The van der Waals surface area contributed by atoms with E-state index in [0.717, 1.165) is 12.8 Å². The molecule has 5 nitrogen and oxygen atoms in total. The fourth-order valence-electron chi connectivity index (χ4n) is 3.00. The van der Waals surface area contributed by atoms with Crippen molar-refractivity contribution in [3.63, 3.8) is 0 Å². The molecule has 3 rings (SSSR count). The van der Waals surface area contributed by atoms with Gasteiger partial charge < -0.3 is 10.6 Å². The summed E-state index contributed by atoms with van der Waals surface area (Å²) in [6, 6.07) is 2.58. The van der Waals surface area contributed by atoms with Crippen molar-refractivity contribution in [2.24, 2.45) is 11.7 Å². The van der Waals surface area contributed by atoms with E-state index in [1.165, 1.54) is 24.5 Å². The predicted octanol–water partition coefficient (Wildman–Crippen LogP) is 1.97. The lowest BCUT2D eigenvalue weighted by Gasteiger charge is -2.34. The van der Waals surface area contributed by atoms with Crippen LogP contribution >= 0.6 is 0 Å². The maximum Gasteiger partial charge on any atom is 0.256 e. The Labute approximate surface area is 128 Å². The molecule has 1 saturated heterocycles. The van der Waals surface area contributed by atoms with Crippen molar-refractivity contribution in [2.45, 2.75) is 25.8 Å². The van der Waals surface area contributed by atoms with Crippen molar-refractivity contribution in [3.8, 4) is 0 Å². The number of carbonyl (C=O) groups is 1. The SMILES string of the molecule is C[C@@H](N)[C@@H]1CCCN(C(=O)c2cc(F)cc3nccnc23)C1. The van der Waals surface area contributed by atoms with Gasteiger partial charge in [0.15, 0.2) is 0 Å². The van der Waals surface area contributed by atoms with E-state index in [9.17, 15) is 9.18 Å². The van der Waals surface area contributed by atoms with Gasteiger partial charge in [-0.15, -0.1) is 0 Å². The van der Waals surface area contributed by atoms with Crippen molar-refractivity contribution in [1.82, 2.24) is 14.9 Å². The van der Waals surface area contributed by atoms with Crippen LogP contribution in [0.25, 0.3) is 11.0 Å². The Hall–Kier alpha value is -2.08. The molecule has 2 aromatic rings. The molecule has 1 fully saturated rings. The first kappa shape index (κ1) is 14.8. The number of aromatic nitrogens is 2. The summed E-state index contributed by atoms with van der Waals surface area (Å²) in [5, 5.41) is 0. The standard InChI is InChI=1S/C16H19FN4O/c1-10(18)11-3-2-6-21(9-11)16(22)13-7-12(17)8-14-15(13)20-5-4-19-14/h4-5,7-8,10-11H,2-3,6,9,18H2,1H3/t10-,11-/m1/s1. The molecule has 0 bridgehead atoms. The fraction of sp³-hybridized carbons (Fsp3) is 0.438. The normalized spacial score (nSPS) is 20.1. The molecule has 0 saturated carbocycles. The fourth-order valence-corrected chi connectivity index (χ4v) is 3.00. The second-order valence-electron chi connectivity index (χ2n) is 5.89. The number of hydrogen-bond acceptors (Lipinski definition) is 4. The van der Waals surface area contributed by atoms with E-state index in [1.807, 2.05) is 6.92 Å². The molecule has 22 heavy (non-hydrogen) atoms. The number of amides is 1. The summed E-state index contributed by atoms with van der Waals surface area (Å²) in [4.78, 5) is 22.8. The minimum atomic E-state index is -0.475. The first-order valence-corrected chi connectivity index (χ1v) is 7.51. The molecule has 0 radical (unpaired) electrons. The monoisotopic (exact) mass is 302 g/mol. The molecular formula is C16H19FN4O. The highest BCUT2D eigenvalue weighted by atomic mass is 19.1. The second-order valence-corrected chi connectivity index (χ2v) is 5.89. The number of piperidine rings is 1. The molecule has 1 amide bonds. The summed E-state index contributed by atoms with van der Waals surface area (Å²) in [7, 11) is 0. The Balaban J connectivity index is 1.95. The zero-order valence-corrected chi connectivity index (χ0v) is 12.5. The Morgan fingerprint density at radius 2 is 2.18 bits per heavy atom. The summed E-state index contributed by atoms with van der Waals surface area (Å²) in [6.45, 7) is 3.23. The van der Waals surface area contributed by atoms with Gasteiger partial charge in [0.1, 0.15) is 11.3 Å². The summed E-state index contributed by atoms with van der Waals surface area (Å²) in [5.74, 6) is -0.393. The first-order valence-electron chi connectivity index (χ1n) is 7.51. The van der Waals surface area contributed by atoms with Gasteiger partial charge in [0.05, 0.1) is 11.1 Å². The minimum Gasteiger partial charge on any atom is -0.338 e. The van der Waals surface area contributed by atoms with Crippen molar-refractivity contribution in [1.29, 1.82) is 0 Å². The molecule has 1 aliphatic heterocycles. The molecule has 0 unspecified atom stereocenters. The number of halogens is 1. The van der Waals surface area contributed by atoms with Gasteiger partial charge in [-0.25, -0.2) is 4.39 Å². The second kappa shape index (κ2) is 5.96. The summed E-state index contributed by atoms with van der Waals surface area (Å²) in [6.07, 6.45) is 4.93. The third kappa shape index (κ3) is 2.78. The van der Waals surface area contributed by atoms with Crippen LogP contribution in [0.1, 0.15) is 30.1 Å². The Bertz CT molecular complexity index is 704. The molecule has 1 aromatic carbocycles. The Kier molecular flexibility index (Phi) is 4.02. The van der Waals surface area contributed by atoms with Gasteiger partial charge >= 0.3 is 0 Å². The zero-order chi connectivity index (χ0) is 15.7. The van der Waals surface area contributed by atoms with Crippen LogP contribution in [0, 0.1) is 11.7 Å². The van der Waals surface area contributed by atoms with Crippen molar-refractivity contribution < 1.29 is 9.18 Å². The lowest BCUT2D eigenvalue weighted by Crippen LogP contribution is -2.45. The zero-order valence-electron chi connectivity index (χ0n) is 12.5. The lowest BCUT2D eigenvalue weighted by atomic mass is 9.92. The molecule has 116 valence electrons. The maximum atomic E-state index is 13.8. The Morgan fingerprint density at radius 1 is 1.41 bits per heavy atom. The van der Waals surface area contributed by atoms with Gasteiger partial charge in [-0.05, 0) is 31.7 Å². The molecule has 2 N–H and O–H groups in total. The van der Waals surface area contributed by atoms with Gasteiger partial charge in [0.25, 0.3) is 5.91 Å². The van der Waals surface area contributed by atoms with Gasteiger partial charge in [-0.3, -0.25) is 14.8 Å². The molecule has 2 atom stereocenters. The van der Waals surface area contributed by atoms with Crippen LogP contribution in [0.15, 0.2) is 24.5 Å². The molecule has 1 aliphatic rings. The van der Waals surface area contributed by atoms with Crippen molar-refractivity contribution >= 4 is 16.9 Å². The minimum absolute atomic E-state index is 0.0413. The third-order valence-corrected chi connectivity index (χ3v) is 4.26. The molecule has 6 heteroatoms.